The summed E-state index contributed by atoms with van der Waals surface area (Å²) in [4.78, 5) is 12.5. The Kier molecular flexibility index (Phi) is 5.12. The van der Waals surface area contributed by atoms with E-state index in [1.165, 1.54) is 24.3 Å². The molecule has 3 N–H and O–H groups in total. The van der Waals surface area contributed by atoms with E-state index >= 15 is 0 Å². The largest absolute Gasteiger partial charge is 0.508 e. The highest BCUT2D eigenvalue weighted by atomic mass is 19.4. The van der Waals surface area contributed by atoms with Crippen molar-refractivity contribution >= 4 is 17.3 Å². The molecule has 2 aromatic carbocycles. The van der Waals surface area contributed by atoms with Crippen molar-refractivity contribution in [2.75, 3.05) is 10.6 Å². The van der Waals surface area contributed by atoms with Crippen LogP contribution < -0.4 is 10.6 Å². The highest BCUT2D eigenvalue weighted by molar-refractivity contribution is 5.99. The Labute approximate surface area is 148 Å². The Morgan fingerprint density at radius 1 is 1.08 bits per heavy atom. The number of phenols is 1. The van der Waals surface area contributed by atoms with Gasteiger partial charge in [-0.3, -0.25) is 4.79 Å². The number of nitrogens with zero attached hydrogens (tertiary/aromatic N) is 1. The summed E-state index contributed by atoms with van der Waals surface area (Å²) in [6.07, 6.45) is -4.70. The van der Waals surface area contributed by atoms with Gasteiger partial charge in [0.2, 0.25) is 5.91 Å². The maximum Gasteiger partial charge on any atom is 0.417 e. The zero-order valence-electron chi connectivity index (χ0n) is 14.0. The minimum absolute atomic E-state index is 0.0649. The maximum absolute atomic E-state index is 13.0. The molecule has 0 aromatic heterocycles. The van der Waals surface area contributed by atoms with Crippen LogP contribution in [-0.2, 0) is 11.0 Å². The maximum atomic E-state index is 13.0. The second-order valence-corrected chi connectivity index (χ2v) is 6.12. The first kappa shape index (κ1) is 19.1. The number of hydrogen-bond acceptors (Lipinski definition) is 4. The van der Waals surface area contributed by atoms with Crippen molar-refractivity contribution in [1.29, 1.82) is 5.26 Å². The number of hydrogen-bond donors (Lipinski definition) is 3. The summed E-state index contributed by atoms with van der Waals surface area (Å²) in [5.41, 5.74) is -2.29. The van der Waals surface area contributed by atoms with E-state index in [2.05, 4.69) is 10.6 Å². The molecule has 0 radical (unpaired) electrons. The Morgan fingerprint density at radius 2 is 1.65 bits per heavy atom. The molecule has 0 fully saturated rings. The molecule has 0 aliphatic carbocycles. The van der Waals surface area contributed by atoms with Gasteiger partial charge in [0.25, 0.3) is 0 Å². The molecule has 26 heavy (non-hydrogen) atoms. The van der Waals surface area contributed by atoms with Crippen LogP contribution in [0.2, 0.25) is 0 Å². The van der Waals surface area contributed by atoms with E-state index in [1.807, 2.05) is 0 Å². The quantitative estimate of drug-likeness (QED) is 0.714. The molecule has 2 rings (SSSR count). The van der Waals surface area contributed by atoms with Crippen LogP contribution in [0.3, 0.4) is 0 Å². The summed E-state index contributed by atoms with van der Waals surface area (Å²) in [5.74, 6) is -0.501. The number of aromatic hydroxyl groups is 1. The monoisotopic (exact) mass is 363 g/mol. The molecule has 0 aliphatic rings. The zero-order chi connectivity index (χ0) is 19.5. The molecule has 0 spiro atoms. The van der Waals surface area contributed by atoms with Crippen LogP contribution in [-0.4, -0.2) is 16.6 Å². The number of phenolic OH excluding ortho intramolecular Hbond substituents is 1. The van der Waals surface area contributed by atoms with Gasteiger partial charge < -0.3 is 15.7 Å². The first-order valence-corrected chi connectivity index (χ1v) is 7.53. The number of alkyl halides is 3. The van der Waals surface area contributed by atoms with Crippen LogP contribution in [0.4, 0.5) is 24.5 Å². The number of carbonyl (C=O) groups excluding carboxylic acids is 1. The number of carbonyl (C=O) groups is 1. The number of anilines is 2. The van der Waals surface area contributed by atoms with E-state index in [0.717, 1.165) is 12.1 Å². The minimum Gasteiger partial charge on any atom is -0.508 e. The van der Waals surface area contributed by atoms with Crippen molar-refractivity contribution in [3.63, 3.8) is 0 Å². The number of benzene rings is 2. The van der Waals surface area contributed by atoms with E-state index in [9.17, 15) is 23.1 Å². The SMILES string of the molecule is CC(C)(Nc1ccc(O)cc1)C(=O)Nc1ccc(C#N)c(C(F)(F)F)c1. The number of amides is 1. The van der Waals surface area contributed by atoms with E-state index in [0.29, 0.717) is 5.69 Å². The predicted molar refractivity (Wildman–Crippen MR) is 90.6 cm³/mol. The number of rotatable bonds is 4. The van der Waals surface area contributed by atoms with Crippen molar-refractivity contribution < 1.29 is 23.1 Å². The molecule has 0 unspecified atom stereocenters. The number of nitriles is 1. The van der Waals surface area contributed by atoms with Crippen LogP contribution in [0, 0.1) is 11.3 Å². The Balaban J connectivity index is 2.20. The zero-order valence-corrected chi connectivity index (χ0v) is 14.0. The van der Waals surface area contributed by atoms with Crippen LogP contribution in [0.25, 0.3) is 0 Å². The highest BCUT2D eigenvalue weighted by Gasteiger charge is 2.34. The van der Waals surface area contributed by atoms with Gasteiger partial charge in [0.05, 0.1) is 17.2 Å². The second-order valence-electron chi connectivity index (χ2n) is 6.12. The minimum atomic E-state index is -4.70. The molecule has 0 saturated carbocycles. The summed E-state index contributed by atoms with van der Waals surface area (Å²) in [6.45, 7) is 3.12. The Morgan fingerprint density at radius 3 is 2.19 bits per heavy atom. The summed E-state index contributed by atoms with van der Waals surface area (Å²) < 4.78 is 39.0. The molecule has 0 heterocycles. The second kappa shape index (κ2) is 6.96. The lowest BCUT2D eigenvalue weighted by molar-refractivity contribution is -0.137. The third-order valence-corrected chi connectivity index (χ3v) is 3.60. The summed E-state index contributed by atoms with van der Waals surface area (Å²) >= 11 is 0. The molecule has 8 heteroatoms. The average Bonchev–Trinajstić information content (AvgIpc) is 2.56. The van der Waals surface area contributed by atoms with Crippen LogP contribution >= 0.6 is 0 Å². The summed E-state index contributed by atoms with van der Waals surface area (Å²) in [6, 6.07) is 10.5. The van der Waals surface area contributed by atoms with E-state index in [-0.39, 0.29) is 11.4 Å². The fourth-order valence-corrected chi connectivity index (χ4v) is 2.20. The summed E-state index contributed by atoms with van der Waals surface area (Å²) in [7, 11) is 0. The Bertz CT molecular complexity index is 853. The smallest absolute Gasteiger partial charge is 0.417 e. The van der Waals surface area contributed by atoms with Crippen LogP contribution in [0.5, 0.6) is 5.75 Å². The van der Waals surface area contributed by atoms with E-state index < -0.39 is 28.7 Å². The van der Waals surface area contributed by atoms with Gasteiger partial charge >= 0.3 is 6.18 Å². The number of halogens is 3. The van der Waals surface area contributed by atoms with Crippen LogP contribution in [0.15, 0.2) is 42.5 Å². The van der Waals surface area contributed by atoms with Crippen molar-refractivity contribution in [3.8, 4) is 11.8 Å². The Hall–Kier alpha value is -3.21. The molecule has 1 amide bonds. The normalized spacial score (nSPS) is 11.5. The lowest BCUT2D eigenvalue weighted by Crippen LogP contribution is -2.44. The van der Waals surface area contributed by atoms with Crippen LogP contribution in [0.1, 0.15) is 25.0 Å². The topological polar surface area (TPSA) is 85.2 Å². The van der Waals surface area contributed by atoms with Gasteiger partial charge in [-0.1, -0.05) is 0 Å². The van der Waals surface area contributed by atoms with Crippen molar-refractivity contribution in [2.24, 2.45) is 0 Å². The van der Waals surface area contributed by atoms with Crippen molar-refractivity contribution in [1.82, 2.24) is 0 Å². The fourth-order valence-electron chi connectivity index (χ4n) is 2.20. The predicted octanol–water partition coefficient (Wildman–Crippen LogP) is 4.11. The first-order chi connectivity index (χ1) is 12.0. The van der Waals surface area contributed by atoms with E-state index in [1.54, 1.807) is 26.0 Å². The van der Waals surface area contributed by atoms with Gasteiger partial charge in [-0.25, -0.2) is 0 Å². The van der Waals surface area contributed by atoms with Gasteiger partial charge in [-0.15, -0.1) is 0 Å². The molecular weight excluding hydrogens is 347 g/mol. The number of nitrogens with one attached hydrogen (secondary N) is 2. The lowest BCUT2D eigenvalue weighted by atomic mass is 10.0. The van der Waals surface area contributed by atoms with Gasteiger partial charge in [-0.2, -0.15) is 18.4 Å². The van der Waals surface area contributed by atoms with Gasteiger partial charge in [0.15, 0.2) is 0 Å². The molecule has 0 saturated heterocycles. The van der Waals surface area contributed by atoms with Gasteiger partial charge in [0, 0.05) is 11.4 Å². The van der Waals surface area contributed by atoms with Gasteiger partial charge in [-0.05, 0) is 56.3 Å². The standard InChI is InChI=1S/C18H16F3N3O2/c1-17(2,24-12-5-7-14(25)8-6-12)16(26)23-13-4-3-11(10-22)15(9-13)18(19,20)21/h3-9,24-25H,1-2H3,(H,23,26). The fraction of sp³-hybridized carbons (Fsp3) is 0.222. The summed E-state index contributed by atoms with van der Waals surface area (Å²) in [5, 5.41) is 23.4. The van der Waals surface area contributed by atoms with Crippen molar-refractivity contribution in [2.45, 2.75) is 25.6 Å². The van der Waals surface area contributed by atoms with E-state index in [4.69, 9.17) is 5.26 Å². The average molecular weight is 363 g/mol. The molecule has 2 aromatic rings. The third kappa shape index (κ3) is 4.45. The molecule has 0 bridgehead atoms. The molecule has 0 atom stereocenters. The molecule has 0 aliphatic heterocycles. The van der Waals surface area contributed by atoms with Gasteiger partial charge in [0.1, 0.15) is 11.3 Å². The molecule has 136 valence electrons. The molecule has 5 nitrogen and oxygen atoms in total. The van der Waals surface area contributed by atoms with Crippen molar-refractivity contribution in [3.05, 3.63) is 53.6 Å². The molecular formula is C18H16F3N3O2. The lowest BCUT2D eigenvalue weighted by Gasteiger charge is -2.26. The highest BCUT2D eigenvalue weighted by Crippen LogP contribution is 2.33. The third-order valence-electron chi connectivity index (χ3n) is 3.60. The first-order valence-electron chi connectivity index (χ1n) is 7.53.